The lowest BCUT2D eigenvalue weighted by molar-refractivity contribution is -0.158. The second-order valence-electron chi connectivity index (χ2n) is 9.36. The molecule has 11 nitrogen and oxygen atoms in total. The van der Waals surface area contributed by atoms with Crippen LogP contribution in [0.4, 0.5) is 9.59 Å². The molecule has 2 aromatic rings. The maximum absolute atomic E-state index is 12.3. The highest BCUT2D eigenvalue weighted by atomic mass is 16.6. The summed E-state index contributed by atoms with van der Waals surface area (Å²) in [6.07, 6.45) is -0.836. The molecule has 0 saturated carbocycles. The van der Waals surface area contributed by atoms with Crippen LogP contribution in [0.2, 0.25) is 0 Å². The quantitative estimate of drug-likeness (QED) is 0.0994. The molecule has 0 aromatic heterocycles. The Morgan fingerprint density at radius 3 is 1.90 bits per heavy atom. The van der Waals surface area contributed by atoms with Crippen LogP contribution >= 0.6 is 0 Å². The molecule has 3 N–H and O–H groups in total. The van der Waals surface area contributed by atoms with Gasteiger partial charge >= 0.3 is 18.2 Å². The third-order valence-corrected chi connectivity index (χ3v) is 5.66. The number of carbonyl (C=O) groups excluding carboxylic acids is 4. The molecule has 1 fully saturated rings. The average molecular weight is 539 g/mol. The second-order valence-corrected chi connectivity index (χ2v) is 9.36. The zero-order valence-electron chi connectivity index (χ0n) is 22.1. The predicted octanol–water partition coefficient (Wildman–Crippen LogP) is 3.29. The summed E-state index contributed by atoms with van der Waals surface area (Å²) in [5.41, 5.74) is 1.59. The van der Waals surface area contributed by atoms with E-state index in [9.17, 15) is 19.2 Å². The Morgan fingerprint density at radius 2 is 1.41 bits per heavy atom. The number of hydrogen-bond acceptors (Lipinski definition) is 8. The van der Waals surface area contributed by atoms with Crippen molar-refractivity contribution in [2.24, 2.45) is 16.8 Å². The van der Waals surface area contributed by atoms with E-state index in [-0.39, 0.29) is 44.2 Å². The summed E-state index contributed by atoms with van der Waals surface area (Å²) in [4.78, 5) is 53.1. The van der Waals surface area contributed by atoms with Crippen LogP contribution in [-0.2, 0) is 37.0 Å². The highest BCUT2D eigenvalue weighted by molar-refractivity contribution is 6.01. The van der Waals surface area contributed by atoms with Crippen molar-refractivity contribution in [3.63, 3.8) is 0 Å². The Morgan fingerprint density at radius 1 is 0.872 bits per heavy atom. The Hall–Kier alpha value is -4.41. The van der Waals surface area contributed by atoms with Gasteiger partial charge in [-0.25, -0.2) is 14.4 Å². The van der Waals surface area contributed by atoms with Crippen LogP contribution in [-0.4, -0.2) is 49.2 Å². The smallest absolute Gasteiger partial charge is 0.414 e. The van der Waals surface area contributed by atoms with E-state index in [1.54, 1.807) is 0 Å². The summed E-state index contributed by atoms with van der Waals surface area (Å²) in [6, 6.07) is 17.6. The predicted molar refractivity (Wildman–Crippen MR) is 142 cm³/mol. The van der Waals surface area contributed by atoms with Crippen molar-refractivity contribution < 1.29 is 33.4 Å². The molecular weight excluding hydrogens is 504 g/mol. The van der Waals surface area contributed by atoms with Gasteiger partial charge in [0, 0.05) is 6.54 Å². The molecule has 1 saturated heterocycles. The van der Waals surface area contributed by atoms with E-state index >= 15 is 0 Å². The van der Waals surface area contributed by atoms with Crippen molar-refractivity contribution >= 4 is 30.0 Å². The first-order valence-corrected chi connectivity index (χ1v) is 12.8. The van der Waals surface area contributed by atoms with Crippen molar-refractivity contribution in [2.45, 2.75) is 45.9 Å². The molecule has 39 heavy (non-hydrogen) atoms. The number of aliphatic imine (C=N–C) groups is 1. The SMILES string of the molecule is CC(C)COC(=O)C1NC(=O)C1CCCN=C(NC(=O)OCc1ccccc1)NC(=O)OCc1ccccc1. The van der Waals surface area contributed by atoms with E-state index in [0.29, 0.717) is 12.8 Å². The van der Waals surface area contributed by atoms with Crippen molar-refractivity contribution in [2.75, 3.05) is 13.2 Å². The number of nitrogens with one attached hydrogen (secondary N) is 3. The first-order chi connectivity index (χ1) is 18.8. The van der Waals surface area contributed by atoms with Crippen LogP contribution in [0.15, 0.2) is 65.7 Å². The van der Waals surface area contributed by atoms with Gasteiger partial charge in [0.2, 0.25) is 11.9 Å². The molecular formula is C28H34N4O7. The van der Waals surface area contributed by atoms with Crippen LogP contribution in [0.1, 0.15) is 37.8 Å². The van der Waals surface area contributed by atoms with Gasteiger partial charge in [0.05, 0.1) is 12.5 Å². The van der Waals surface area contributed by atoms with Gasteiger partial charge in [0.15, 0.2) is 0 Å². The fourth-order valence-electron chi connectivity index (χ4n) is 3.60. The van der Waals surface area contributed by atoms with E-state index in [1.807, 2.05) is 74.5 Å². The monoisotopic (exact) mass is 538 g/mol. The Kier molecular flexibility index (Phi) is 11.3. The van der Waals surface area contributed by atoms with E-state index < -0.39 is 30.1 Å². The van der Waals surface area contributed by atoms with Crippen molar-refractivity contribution in [3.8, 4) is 0 Å². The van der Waals surface area contributed by atoms with Crippen LogP contribution in [0, 0.1) is 11.8 Å². The molecule has 1 heterocycles. The molecule has 2 atom stereocenters. The number of alkyl carbamates (subject to hydrolysis) is 2. The number of benzene rings is 2. The van der Waals surface area contributed by atoms with E-state index in [2.05, 4.69) is 20.9 Å². The van der Waals surface area contributed by atoms with Gasteiger partial charge in [0.1, 0.15) is 19.3 Å². The van der Waals surface area contributed by atoms with Crippen molar-refractivity contribution in [3.05, 3.63) is 71.8 Å². The number of guanidine groups is 1. The molecule has 3 rings (SSSR count). The minimum absolute atomic E-state index is 0.0312. The molecule has 2 aromatic carbocycles. The summed E-state index contributed by atoms with van der Waals surface area (Å²) >= 11 is 0. The highest BCUT2D eigenvalue weighted by Crippen LogP contribution is 2.22. The summed E-state index contributed by atoms with van der Waals surface area (Å²) in [6.45, 7) is 4.36. The maximum atomic E-state index is 12.3. The van der Waals surface area contributed by atoms with Gasteiger partial charge in [-0.05, 0) is 29.9 Å². The summed E-state index contributed by atoms with van der Waals surface area (Å²) in [7, 11) is 0. The summed E-state index contributed by atoms with van der Waals surface area (Å²) in [5.74, 6) is -1.17. The van der Waals surface area contributed by atoms with Crippen LogP contribution < -0.4 is 16.0 Å². The molecule has 1 aliphatic heterocycles. The third kappa shape index (κ3) is 10.1. The van der Waals surface area contributed by atoms with E-state index in [0.717, 1.165) is 11.1 Å². The average Bonchev–Trinajstić information content (AvgIpc) is 2.93. The van der Waals surface area contributed by atoms with Gasteiger partial charge in [-0.1, -0.05) is 74.5 Å². The molecule has 0 radical (unpaired) electrons. The van der Waals surface area contributed by atoms with Gasteiger partial charge in [0.25, 0.3) is 0 Å². The fraction of sp³-hybridized carbons (Fsp3) is 0.393. The molecule has 2 unspecified atom stereocenters. The lowest BCUT2D eigenvalue weighted by Gasteiger charge is -2.34. The number of amides is 3. The second kappa shape index (κ2) is 15.1. The van der Waals surface area contributed by atoms with Crippen LogP contribution in [0.25, 0.3) is 0 Å². The van der Waals surface area contributed by atoms with Gasteiger partial charge in [-0.2, -0.15) is 0 Å². The third-order valence-electron chi connectivity index (χ3n) is 5.66. The largest absolute Gasteiger partial charge is 0.464 e. The number of ether oxygens (including phenoxy) is 3. The normalized spacial score (nSPS) is 15.8. The maximum Gasteiger partial charge on any atom is 0.414 e. The van der Waals surface area contributed by atoms with Gasteiger partial charge in [-0.3, -0.25) is 20.4 Å². The first kappa shape index (κ1) is 29.2. The first-order valence-electron chi connectivity index (χ1n) is 12.8. The standard InChI is InChI=1S/C28H34N4O7/c1-19(2)16-37-25(34)23-22(24(33)30-23)14-9-15-29-26(31-27(35)38-17-20-10-5-3-6-11-20)32-28(36)39-18-21-12-7-4-8-13-21/h3-8,10-13,19,22-23H,9,14-18H2,1-2H3,(H,30,33)(H2,29,31,32,35,36). The van der Waals surface area contributed by atoms with E-state index in [1.165, 1.54) is 0 Å². The lowest BCUT2D eigenvalue weighted by Crippen LogP contribution is -2.62. The molecule has 1 aliphatic rings. The molecule has 3 amide bonds. The Balaban J connectivity index is 1.52. The van der Waals surface area contributed by atoms with Crippen molar-refractivity contribution in [1.29, 1.82) is 0 Å². The molecule has 0 spiro atoms. The fourth-order valence-corrected chi connectivity index (χ4v) is 3.60. The van der Waals surface area contributed by atoms with E-state index in [4.69, 9.17) is 14.2 Å². The van der Waals surface area contributed by atoms with Crippen molar-refractivity contribution in [1.82, 2.24) is 16.0 Å². The minimum atomic E-state index is -0.813. The van der Waals surface area contributed by atoms with Gasteiger partial charge in [-0.15, -0.1) is 0 Å². The zero-order valence-corrected chi connectivity index (χ0v) is 22.1. The summed E-state index contributed by atoms with van der Waals surface area (Å²) in [5, 5.41) is 7.41. The lowest BCUT2D eigenvalue weighted by atomic mass is 9.86. The number of rotatable bonds is 11. The number of nitrogens with zero attached hydrogens (tertiary/aromatic N) is 1. The Bertz CT molecular complexity index is 1080. The number of esters is 1. The van der Waals surface area contributed by atoms with Crippen LogP contribution in [0.3, 0.4) is 0 Å². The Labute approximate surface area is 227 Å². The number of carbonyl (C=O) groups is 4. The molecule has 0 bridgehead atoms. The highest BCUT2D eigenvalue weighted by Gasteiger charge is 2.44. The molecule has 208 valence electrons. The minimum Gasteiger partial charge on any atom is -0.464 e. The summed E-state index contributed by atoms with van der Waals surface area (Å²) < 4.78 is 15.6. The topological polar surface area (TPSA) is 144 Å². The van der Waals surface area contributed by atoms with Gasteiger partial charge < -0.3 is 19.5 Å². The number of β-lactam (4-membered cyclic amide) rings is 1. The van der Waals surface area contributed by atoms with Crippen LogP contribution in [0.5, 0.6) is 0 Å². The zero-order chi connectivity index (χ0) is 28.0. The number of hydrogen-bond donors (Lipinski definition) is 3. The molecule has 0 aliphatic carbocycles. The molecule has 11 heteroatoms.